The van der Waals surface area contributed by atoms with Gasteiger partial charge in [0.2, 0.25) is 0 Å². The van der Waals surface area contributed by atoms with Crippen molar-refractivity contribution >= 4 is 5.69 Å². The van der Waals surface area contributed by atoms with Gasteiger partial charge in [-0.15, -0.1) is 0 Å². The van der Waals surface area contributed by atoms with E-state index in [4.69, 9.17) is 0 Å². The molecule has 2 nitrogen and oxygen atoms in total. The lowest BCUT2D eigenvalue weighted by Gasteiger charge is -2.38. The minimum absolute atomic E-state index is 0.269. The molecular weight excluding hydrogens is 239 g/mol. The third kappa shape index (κ3) is 3.26. The summed E-state index contributed by atoms with van der Waals surface area (Å²) in [7, 11) is 0. The zero-order valence-electron chi connectivity index (χ0n) is 11.6. The molecule has 2 atom stereocenters. The molecule has 1 fully saturated rings. The number of nitriles is 1. The monoisotopic (exact) mass is 260 g/mol. The maximum atomic E-state index is 13.2. The first kappa shape index (κ1) is 13.9. The Bertz CT molecular complexity index is 478. The number of halogens is 1. The Morgan fingerprint density at radius 2 is 2.26 bits per heavy atom. The first-order chi connectivity index (χ1) is 9.04. The summed E-state index contributed by atoms with van der Waals surface area (Å²) in [5.41, 5.74) is 0.159. The zero-order valence-corrected chi connectivity index (χ0v) is 11.6. The normalized spacial score (nSPS) is 27.0. The Hall–Kier alpha value is -1.56. The van der Waals surface area contributed by atoms with E-state index in [0.717, 1.165) is 19.3 Å². The lowest BCUT2D eigenvalue weighted by atomic mass is 9.72. The number of nitrogens with one attached hydrogen (secondary N) is 1. The number of hydrogen-bond donors (Lipinski definition) is 1. The van der Waals surface area contributed by atoms with Crippen LogP contribution in [0.4, 0.5) is 10.1 Å². The van der Waals surface area contributed by atoms with Crippen LogP contribution in [0.3, 0.4) is 0 Å². The fourth-order valence-electron chi connectivity index (χ4n) is 2.97. The quantitative estimate of drug-likeness (QED) is 0.877. The molecule has 1 saturated carbocycles. The topological polar surface area (TPSA) is 35.8 Å². The lowest BCUT2D eigenvalue weighted by Crippen LogP contribution is -2.42. The lowest BCUT2D eigenvalue weighted by molar-refractivity contribution is 0.232. The average Bonchev–Trinajstić information content (AvgIpc) is 2.39. The minimum Gasteiger partial charge on any atom is -0.367 e. The second kappa shape index (κ2) is 5.61. The number of nitrogens with zero attached hydrogens (tertiary/aromatic N) is 1. The Morgan fingerprint density at radius 3 is 2.89 bits per heavy atom. The Kier molecular flexibility index (Phi) is 4.09. The van der Waals surface area contributed by atoms with E-state index in [0.29, 0.717) is 17.5 Å². The van der Waals surface area contributed by atoms with Gasteiger partial charge >= 0.3 is 0 Å². The van der Waals surface area contributed by atoms with Crippen LogP contribution in [-0.2, 0) is 0 Å². The smallest absolute Gasteiger partial charge is 0.125 e. The SMILES string of the molecule is CC(C)C1CCCC(C#N)(Nc2cccc(F)c2)C1. The molecule has 3 heteroatoms. The van der Waals surface area contributed by atoms with Gasteiger partial charge in [0.25, 0.3) is 0 Å². The molecule has 19 heavy (non-hydrogen) atoms. The van der Waals surface area contributed by atoms with Crippen LogP contribution in [0.25, 0.3) is 0 Å². The van der Waals surface area contributed by atoms with Crippen molar-refractivity contribution < 1.29 is 4.39 Å². The van der Waals surface area contributed by atoms with Gasteiger partial charge in [-0.05, 0) is 55.7 Å². The number of hydrogen-bond acceptors (Lipinski definition) is 2. The van der Waals surface area contributed by atoms with Crippen molar-refractivity contribution in [2.24, 2.45) is 11.8 Å². The molecular formula is C16H21FN2. The summed E-state index contributed by atoms with van der Waals surface area (Å²) in [5, 5.41) is 12.8. The fraction of sp³-hybridized carbons (Fsp3) is 0.562. The average molecular weight is 260 g/mol. The van der Waals surface area contributed by atoms with Crippen molar-refractivity contribution in [1.82, 2.24) is 0 Å². The molecule has 1 aliphatic carbocycles. The van der Waals surface area contributed by atoms with Crippen molar-refractivity contribution in [2.75, 3.05) is 5.32 Å². The molecule has 1 aliphatic rings. The van der Waals surface area contributed by atoms with E-state index >= 15 is 0 Å². The summed E-state index contributed by atoms with van der Waals surface area (Å²) in [6, 6.07) is 8.80. The molecule has 1 N–H and O–H groups in total. The predicted molar refractivity (Wildman–Crippen MR) is 75.2 cm³/mol. The molecule has 102 valence electrons. The molecule has 0 spiro atoms. The van der Waals surface area contributed by atoms with Gasteiger partial charge in [-0.3, -0.25) is 0 Å². The van der Waals surface area contributed by atoms with Crippen molar-refractivity contribution in [3.63, 3.8) is 0 Å². The number of rotatable bonds is 3. The molecule has 1 aromatic rings. The second-order valence-electron chi connectivity index (χ2n) is 5.93. The highest BCUT2D eigenvalue weighted by Gasteiger charge is 2.37. The molecule has 0 aliphatic heterocycles. The highest BCUT2D eigenvalue weighted by Crippen LogP contribution is 2.38. The van der Waals surface area contributed by atoms with Crippen LogP contribution in [0, 0.1) is 29.0 Å². The van der Waals surface area contributed by atoms with E-state index < -0.39 is 5.54 Å². The van der Waals surface area contributed by atoms with Crippen LogP contribution < -0.4 is 5.32 Å². The summed E-state index contributed by atoms with van der Waals surface area (Å²) in [6.45, 7) is 4.42. The summed E-state index contributed by atoms with van der Waals surface area (Å²) in [5.74, 6) is 0.881. The standard InChI is InChI=1S/C16H21FN2/c1-12(2)13-5-4-8-16(10-13,11-18)19-15-7-3-6-14(17)9-15/h3,6-7,9,12-13,19H,4-5,8,10H2,1-2H3. The second-order valence-corrected chi connectivity index (χ2v) is 5.93. The maximum Gasteiger partial charge on any atom is 0.125 e. The number of anilines is 1. The molecule has 0 bridgehead atoms. The van der Waals surface area contributed by atoms with E-state index in [9.17, 15) is 9.65 Å². The largest absolute Gasteiger partial charge is 0.367 e. The van der Waals surface area contributed by atoms with E-state index in [1.54, 1.807) is 6.07 Å². The van der Waals surface area contributed by atoms with Gasteiger partial charge in [-0.2, -0.15) is 5.26 Å². The summed E-state index contributed by atoms with van der Waals surface area (Å²) in [6.07, 6.45) is 3.92. The Balaban J connectivity index is 2.17. The van der Waals surface area contributed by atoms with Gasteiger partial charge in [0, 0.05) is 5.69 Å². The molecule has 0 aromatic heterocycles. The molecule has 2 rings (SSSR count). The predicted octanol–water partition coefficient (Wildman–Crippen LogP) is 4.35. The van der Waals surface area contributed by atoms with Gasteiger partial charge < -0.3 is 5.32 Å². The van der Waals surface area contributed by atoms with E-state index in [2.05, 4.69) is 25.2 Å². The molecule has 0 amide bonds. The van der Waals surface area contributed by atoms with Crippen molar-refractivity contribution in [3.8, 4) is 6.07 Å². The van der Waals surface area contributed by atoms with Crippen molar-refractivity contribution in [1.29, 1.82) is 5.26 Å². The zero-order chi connectivity index (χ0) is 13.9. The molecule has 0 heterocycles. The highest BCUT2D eigenvalue weighted by molar-refractivity contribution is 5.48. The van der Waals surface area contributed by atoms with E-state index in [-0.39, 0.29) is 5.82 Å². The third-order valence-corrected chi connectivity index (χ3v) is 4.15. The van der Waals surface area contributed by atoms with Crippen LogP contribution >= 0.6 is 0 Å². The first-order valence-corrected chi connectivity index (χ1v) is 7.00. The molecule has 1 aromatic carbocycles. The summed E-state index contributed by atoms with van der Waals surface area (Å²) < 4.78 is 13.2. The van der Waals surface area contributed by atoms with Gasteiger partial charge in [0.15, 0.2) is 0 Å². The Morgan fingerprint density at radius 1 is 1.47 bits per heavy atom. The van der Waals surface area contributed by atoms with Crippen LogP contribution in [0.1, 0.15) is 39.5 Å². The van der Waals surface area contributed by atoms with Crippen LogP contribution in [0.2, 0.25) is 0 Å². The highest BCUT2D eigenvalue weighted by atomic mass is 19.1. The van der Waals surface area contributed by atoms with Crippen LogP contribution in [0.5, 0.6) is 0 Å². The summed E-state index contributed by atoms with van der Waals surface area (Å²) >= 11 is 0. The summed E-state index contributed by atoms with van der Waals surface area (Å²) in [4.78, 5) is 0. The van der Waals surface area contributed by atoms with E-state index in [1.807, 2.05) is 6.07 Å². The number of benzene rings is 1. The van der Waals surface area contributed by atoms with Gasteiger partial charge in [0.05, 0.1) is 6.07 Å². The van der Waals surface area contributed by atoms with Gasteiger partial charge in [0.1, 0.15) is 11.4 Å². The van der Waals surface area contributed by atoms with Crippen molar-refractivity contribution in [3.05, 3.63) is 30.1 Å². The molecule has 2 unspecified atom stereocenters. The Labute approximate surface area is 114 Å². The molecule has 0 saturated heterocycles. The van der Waals surface area contributed by atoms with Crippen LogP contribution in [-0.4, -0.2) is 5.54 Å². The first-order valence-electron chi connectivity index (χ1n) is 7.00. The van der Waals surface area contributed by atoms with Crippen LogP contribution in [0.15, 0.2) is 24.3 Å². The minimum atomic E-state index is -0.541. The van der Waals surface area contributed by atoms with Gasteiger partial charge in [-0.25, -0.2) is 4.39 Å². The fourth-order valence-corrected chi connectivity index (χ4v) is 2.97. The maximum absolute atomic E-state index is 13.2. The van der Waals surface area contributed by atoms with E-state index in [1.165, 1.54) is 18.6 Å². The third-order valence-electron chi connectivity index (χ3n) is 4.15. The van der Waals surface area contributed by atoms with Crippen molar-refractivity contribution in [2.45, 2.75) is 45.1 Å². The molecule has 0 radical (unpaired) electrons. The van der Waals surface area contributed by atoms with Gasteiger partial charge in [-0.1, -0.05) is 19.9 Å².